The molecule has 0 aliphatic heterocycles. The van der Waals surface area contributed by atoms with Gasteiger partial charge in [0.05, 0.1) is 10.5 Å². The van der Waals surface area contributed by atoms with Crippen LogP contribution in [0.4, 0.5) is 0 Å². The van der Waals surface area contributed by atoms with Crippen LogP contribution < -0.4 is 4.83 Å². The second-order valence-electron chi connectivity index (χ2n) is 3.97. The monoisotopic (exact) mass is 272 g/mol. The highest BCUT2D eigenvalue weighted by Crippen LogP contribution is 2.17. The first-order valence-electron chi connectivity index (χ1n) is 5.34. The predicted octanol–water partition coefficient (Wildman–Crippen LogP) is 0.702. The van der Waals surface area contributed by atoms with Gasteiger partial charge in [0.2, 0.25) is 0 Å². The molecule has 0 amide bonds. The summed E-state index contributed by atoms with van der Waals surface area (Å²) in [5, 5.41) is 10.3. The number of aryl methyl sites for hydroxylation is 1. The second kappa shape index (κ2) is 5.47. The van der Waals surface area contributed by atoms with Gasteiger partial charge in [-0.2, -0.15) is 0 Å². The third-order valence-electron chi connectivity index (χ3n) is 2.31. The largest absolute Gasteiger partial charge is 0.478 e. The SMILES string of the molecule is CCc1ccc(S(=O)(=O)NN(C)C)cc1C(=O)O. The number of nitrogens with one attached hydrogen (secondary N) is 1. The Morgan fingerprint density at radius 3 is 2.44 bits per heavy atom. The van der Waals surface area contributed by atoms with Crippen molar-refractivity contribution in [2.75, 3.05) is 14.1 Å². The van der Waals surface area contributed by atoms with Crippen LogP contribution in [-0.4, -0.2) is 38.6 Å². The summed E-state index contributed by atoms with van der Waals surface area (Å²) in [6.45, 7) is 1.81. The molecule has 1 aromatic carbocycles. The number of hydrogen-bond acceptors (Lipinski definition) is 4. The molecule has 0 spiro atoms. The van der Waals surface area contributed by atoms with Gasteiger partial charge < -0.3 is 5.11 Å². The molecule has 6 nitrogen and oxygen atoms in total. The molecular weight excluding hydrogens is 256 g/mol. The first-order valence-corrected chi connectivity index (χ1v) is 6.82. The van der Waals surface area contributed by atoms with Crippen molar-refractivity contribution in [3.63, 3.8) is 0 Å². The smallest absolute Gasteiger partial charge is 0.336 e. The lowest BCUT2D eigenvalue weighted by molar-refractivity contribution is 0.0695. The molecule has 0 aromatic heterocycles. The third-order valence-corrected chi connectivity index (χ3v) is 3.79. The Hall–Kier alpha value is -1.44. The van der Waals surface area contributed by atoms with E-state index in [1.165, 1.54) is 37.3 Å². The topological polar surface area (TPSA) is 86.7 Å². The van der Waals surface area contributed by atoms with Crippen molar-refractivity contribution in [3.05, 3.63) is 29.3 Å². The highest BCUT2D eigenvalue weighted by Gasteiger charge is 2.18. The normalized spacial score (nSPS) is 11.8. The zero-order valence-corrected chi connectivity index (χ0v) is 11.3. The molecule has 0 aliphatic carbocycles. The highest BCUT2D eigenvalue weighted by atomic mass is 32.2. The number of benzene rings is 1. The predicted molar refractivity (Wildman–Crippen MR) is 66.8 cm³/mol. The molecule has 0 saturated heterocycles. The molecule has 0 atom stereocenters. The van der Waals surface area contributed by atoms with Gasteiger partial charge in [-0.3, -0.25) is 0 Å². The fraction of sp³-hybridized carbons (Fsp3) is 0.364. The molecular formula is C11H16N2O4S. The Balaban J connectivity index is 3.28. The van der Waals surface area contributed by atoms with Crippen LogP contribution in [0.25, 0.3) is 0 Å². The van der Waals surface area contributed by atoms with Crippen molar-refractivity contribution in [3.8, 4) is 0 Å². The van der Waals surface area contributed by atoms with Crippen LogP contribution in [0.1, 0.15) is 22.8 Å². The molecule has 0 aliphatic rings. The van der Waals surface area contributed by atoms with Crippen molar-refractivity contribution in [2.24, 2.45) is 0 Å². The van der Waals surface area contributed by atoms with E-state index in [0.717, 1.165) is 0 Å². The maximum absolute atomic E-state index is 11.9. The lowest BCUT2D eigenvalue weighted by atomic mass is 10.1. The lowest BCUT2D eigenvalue weighted by Gasteiger charge is -2.13. The molecule has 0 heterocycles. The van der Waals surface area contributed by atoms with Crippen molar-refractivity contribution in [1.82, 2.24) is 9.84 Å². The Bertz CT molecular complexity index is 552. The number of hydrogen-bond donors (Lipinski definition) is 2. The van der Waals surface area contributed by atoms with E-state index in [-0.39, 0.29) is 10.5 Å². The minimum atomic E-state index is -3.73. The van der Waals surface area contributed by atoms with E-state index in [0.29, 0.717) is 12.0 Å². The highest BCUT2D eigenvalue weighted by molar-refractivity contribution is 7.89. The average molecular weight is 272 g/mol. The molecule has 0 bridgehead atoms. The zero-order chi connectivity index (χ0) is 13.9. The van der Waals surface area contributed by atoms with Gasteiger partial charge in [-0.05, 0) is 24.1 Å². The summed E-state index contributed by atoms with van der Waals surface area (Å²) in [6, 6.07) is 4.10. The van der Waals surface area contributed by atoms with Crippen LogP contribution in [0, 0.1) is 0 Å². The maximum Gasteiger partial charge on any atom is 0.336 e. The number of carbonyl (C=O) groups is 1. The molecule has 18 heavy (non-hydrogen) atoms. The number of carboxylic acid groups (broad SMARTS) is 1. The standard InChI is InChI=1S/C11H16N2O4S/c1-4-8-5-6-9(7-10(8)11(14)15)18(16,17)12-13(2)3/h5-7,12H,4H2,1-3H3,(H,14,15). The van der Waals surface area contributed by atoms with Crippen LogP contribution in [0.5, 0.6) is 0 Å². The van der Waals surface area contributed by atoms with Gasteiger partial charge in [0.25, 0.3) is 10.0 Å². The lowest BCUT2D eigenvalue weighted by Crippen LogP contribution is -2.36. The van der Waals surface area contributed by atoms with Gasteiger partial charge in [-0.1, -0.05) is 13.0 Å². The maximum atomic E-state index is 11.9. The Labute approximate surface area is 106 Å². The minimum Gasteiger partial charge on any atom is -0.478 e. The van der Waals surface area contributed by atoms with Crippen molar-refractivity contribution < 1.29 is 18.3 Å². The van der Waals surface area contributed by atoms with E-state index < -0.39 is 16.0 Å². The summed E-state index contributed by atoms with van der Waals surface area (Å²) in [7, 11) is -0.652. The fourth-order valence-electron chi connectivity index (χ4n) is 1.52. The number of nitrogens with zero attached hydrogens (tertiary/aromatic N) is 1. The fourth-order valence-corrected chi connectivity index (χ4v) is 2.63. The summed E-state index contributed by atoms with van der Waals surface area (Å²) < 4.78 is 23.7. The first kappa shape index (κ1) is 14.6. The van der Waals surface area contributed by atoms with E-state index in [2.05, 4.69) is 4.83 Å². The second-order valence-corrected chi connectivity index (χ2v) is 5.63. The summed E-state index contributed by atoms with van der Waals surface area (Å²) in [6.07, 6.45) is 0.531. The van der Waals surface area contributed by atoms with Gasteiger partial charge in [0.15, 0.2) is 0 Å². The summed E-state index contributed by atoms with van der Waals surface area (Å²) >= 11 is 0. The van der Waals surface area contributed by atoms with Crippen LogP contribution in [0.2, 0.25) is 0 Å². The molecule has 1 aromatic rings. The Kier molecular flexibility index (Phi) is 4.44. The first-order chi connectivity index (χ1) is 8.27. The molecule has 0 unspecified atom stereocenters. The third kappa shape index (κ3) is 3.28. The molecule has 0 radical (unpaired) electrons. The Morgan fingerprint density at radius 2 is 2.00 bits per heavy atom. The van der Waals surface area contributed by atoms with E-state index >= 15 is 0 Å². The minimum absolute atomic E-state index is 0.0131. The number of hydrazine groups is 1. The van der Waals surface area contributed by atoms with E-state index in [1.54, 1.807) is 0 Å². The van der Waals surface area contributed by atoms with Crippen molar-refractivity contribution in [1.29, 1.82) is 0 Å². The van der Waals surface area contributed by atoms with Gasteiger partial charge in [-0.25, -0.2) is 18.2 Å². The molecule has 100 valence electrons. The van der Waals surface area contributed by atoms with E-state index in [9.17, 15) is 13.2 Å². The number of carboxylic acids is 1. The number of aromatic carboxylic acids is 1. The summed E-state index contributed by atoms with van der Waals surface area (Å²) in [5.74, 6) is -1.13. The quantitative estimate of drug-likeness (QED) is 0.771. The van der Waals surface area contributed by atoms with E-state index in [1.807, 2.05) is 6.92 Å². The number of sulfonamides is 1. The van der Waals surface area contributed by atoms with Crippen molar-refractivity contribution in [2.45, 2.75) is 18.2 Å². The molecule has 1 rings (SSSR count). The average Bonchev–Trinajstić information content (AvgIpc) is 2.26. The van der Waals surface area contributed by atoms with Gasteiger partial charge in [0, 0.05) is 14.1 Å². The van der Waals surface area contributed by atoms with Crippen molar-refractivity contribution >= 4 is 16.0 Å². The van der Waals surface area contributed by atoms with Crippen LogP contribution in [0.15, 0.2) is 23.1 Å². The van der Waals surface area contributed by atoms with Gasteiger partial charge >= 0.3 is 5.97 Å². The van der Waals surface area contributed by atoms with E-state index in [4.69, 9.17) is 5.11 Å². The summed E-state index contributed by atoms with van der Waals surface area (Å²) in [4.78, 5) is 13.2. The molecule has 7 heteroatoms. The zero-order valence-electron chi connectivity index (χ0n) is 10.5. The number of rotatable bonds is 5. The van der Waals surface area contributed by atoms with Gasteiger partial charge in [0.1, 0.15) is 0 Å². The Morgan fingerprint density at radius 1 is 1.39 bits per heavy atom. The molecule has 2 N–H and O–H groups in total. The summed E-state index contributed by atoms with van der Waals surface area (Å²) in [5.41, 5.74) is 0.616. The molecule has 0 fully saturated rings. The van der Waals surface area contributed by atoms with Gasteiger partial charge in [-0.15, -0.1) is 4.83 Å². The van der Waals surface area contributed by atoms with Crippen LogP contribution >= 0.6 is 0 Å². The van der Waals surface area contributed by atoms with Crippen LogP contribution in [0.3, 0.4) is 0 Å². The van der Waals surface area contributed by atoms with Crippen LogP contribution in [-0.2, 0) is 16.4 Å². The molecule has 0 saturated carbocycles.